The lowest BCUT2D eigenvalue weighted by atomic mass is 10.2. The fourth-order valence-corrected chi connectivity index (χ4v) is 2.68. The maximum Gasteiger partial charge on any atom is 0.179 e. The number of hydrogen-bond donors (Lipinski definition) is 1. The quantitative estimate of drug-likeness (QED) is 0.566. The second-order valence-corrected chi connectivity index (χ2v) is 4.83. The molecular formula is C14H8N2O2S. The minimum Gasteiger partial charge on any atom is -0.503 e. The van der Waals surface area contributed by atoms with Crippen LogP contribution in [-0.4, -0.2) is 10.1 Å². The number of hydrogen-bond acceptors (Lipinski definition) is 5. The van der Waals surface area contributed by atoms with Crippen molar-refractivity contribution >= 4 is 32.9 Å². The molecule has 3 rings (SSSR count). The number of nitriles is 1. The molecule has 0 spiro atoms. The summed E-state index contributed by atoms with van der Waals surface area (Å²) in [6.45, 7) is 0. The summed E-state index contributed by atoms with van der Waals surface area (Å²) in [4.78, 5) is 4.35. The van der Waals surface area contributed by atoms with Gasteiger partial charge in [-0.1, -0.05) is 12.1 Å². The van der Waals surface area contributed by atoms with E-state index in [1.807, 2.05) is 30.3 Å². The van der Waals surface area contributed by atoms with Gasteiger partial charge in [-0.2, -0.15) is 5.26 Å². The lowest BCUT2D eigenvalue weighted by molar-refractivity contribution is 0.461. The number of fused-ring (bicyclic) bond motifs is 1. The predicted molar refractivity (Wildman–Crippen MR) is 73.4 cm³/mol. The Morgan fingerprint density at radius 2 is 2.11 bits per heavy atom. The second-order valence-electron chi connectivity index (χ2n) is 3.80. The highest BCUT2D eigenvalue weighted by molar-refractivity contribution is 7.19. The minimum absolute atomic E-state index is 0.121. The number of benzene rings is 1. The Kier molecular flexibility index (Phi) is 2.78. The van der Waals surface area contributed by atoms with Gasteiger partial charge in [0.15, 0.2) is 11.5 Å². The molecule has 19 heavy (non-hydrogen) atoms. The van der Waals surface area contributed by atoms with Gasteiger partial charge in [0.2, 0.25) is 0 Å². The summed E-state index contributed by atoms with van der Waals surface area (Å²) in [7, 11) is 0. The number of thiazole rings is 1. The Balaban J connectivity index is 2.18. The third kappa shape index (κ3) is 1.98. The van der Waals surface area contributed by atoms with Crippen molar-refractivity contribution in [3.05, 3.63) is 53.4 Å². The summed E-state index contributed by atoms with van der Waals surface area (Å²) in [6.07, 6.45) is 1.44. The Hall–Kier alpha value is -2.58. The Morgan fingerprint density at radius 3 is 2.79 bits per heavy atom. The highest BCUT2D eigenvalue weighted by atomic mass is 32.1. The summed E-state index contributed by atoms with van der Waals surface area (Å²) in [5, 5.41) is 19.8. The average molecular weight is 268 g/mol. The average Bonchev–Trinajstić information content (AvgIpc) is 3.08. The van der Waals surface area contributed by atoms with Crippen molar-refractivity contribution in [3.63, 3.8) is 0 Å². The summed E-state index contributed by atoms with van der Waals surface area (Å²) < 4.78 is 6.06. The van der Waals surface area contributed by atoms with Gasteiger partial charge in [0.1, 0.15) is 16.6 Å². The molecule has 0 aliphatic heterocycles. The number of allylic oxidation sites excluding steroid dienone is 1. The molecule has 5 heteroatoms. The van der Waals surface area contributed by atoms with Crippen LogP contribution in [0.2, 0.25) is 0 Å². The summed E-state index contributed by atoms with van der Waals surface area (Å²) in [5.41, 5.74) is 0.929. The topological polar surface area (TPSA) is 70.0 Å². The van der Waals surface area contributed by atoms with Crippen LogP contribution in [-0.2, 0) is 0 Å². The van der Waals surface area contributed by atoms with Gasteiger partial charge in [-0.25, -0.2) is 4.98 Å². The molecule has 0 saturated heterocycles. The van der Waals surface area contributed by atoms with Crippen molar-refractivity contribution in [2.24, 2.45) is 0 Å². The zero-order chi connectivity index (χ0) is 13.2. The number of aliphatic hydroxyl groups is 1. The van der Waals surface area contributed by atoms with Gasteiger partial charge < -0.3 is 9.52 Å². The Bertz CT molecular complexity index is 761. The van der Waals surface area contributed by atoms with E-state index in [2.05, 4.69) is 4.98 Å². The lowest BCUT2D eigenvalue weighted by Crippen LogP contribution is -1.87. The molecule has 1 N–H and O–H groups in total. The van der Waals surface area contributed by atoms with E-state index in [9.17, 15) is 10.4 Å². The van der Waals surface area contributed by atoms with Crippen molar-refractivity contribution < 1.29 is 9.52 Å². The number of aromatic nitrogens is 1. The number of furan rings is 1. The van der Waals surface area contributed by atoms with Crippen LogP contribution in [0.25, 0.3) is 21.5 Å². The third-order valence-corrected chi connectivity index (χ3v) is 3.66. The minimum atomic E-state index is -0.188. The van der Waals surface area contributed by atoms with E-state index >= 15 is 0 Å². The summed E-state index contributed by atoms with van der Waals surface area (Å²) >= 11 is 1.36. The molecule has 0 saturated carbocycles. The SMILES string of the molecule is N#C/C(=C(\O)c1ccco1)c1nc2ccccc2s1. The molecule has 92 valence electrons. The van der Waals surface area contributed by atoms with E-state index < -0.39 is 0 Å². The van der Waals surface area contributed by atoms with Crippen LogP contribution in [0.4, 0.5) is 0 Å². The van der Waals surface area contributed by atoms with Crippen molar-refractivity contribution in [2.45, 2.75) is 0 Å². The van der Waals surface area contributed by atoms with Gasteiger partial charge in [-0.3, -0.25) is 0 Å². The smallest absolute Gasteiger partial charge is 0.179 e. The molecule has 0 aliphatic rings. The number of rotatable bonds is 2. The van der Waals surface area contributed by atoms with Crippen molar-refractivity contribution in [1.82, 2.24) is 4.98 Å². The fraction of sp³-hybridized carbons (Fsp3) is 0. The molecule has 0 unspecified atom stereocenters. The van der Waals surface area contributed by atoms with Gasteiger partial charge in [0.05, 0.1) is 16.5 Å². The molecular weight excluding hydrogens is 260 g/mol. The molecule has 0 radical (unpaired) electrons. The molecule has 0 amide bonds. The van der Waals surface area contributed by atoms with Crippen LogP contribution in [0, 0.1) is 11.3 Å². The first-order valence-electron chi connectivity index (χ1n) is 5.53. The first-order valence-corrected chi connectivity index (χ1v) is 6.34. The molecule has 3 aromatic rings. The molecule has 0 atom stereocenters. The Morgan fingerprint density at radius 1 is 1.26 bits per heavy atom. The van der Waals surface area contributed by atoms with Crippen LogP contribution in [0.5, 0.6) is 0 Å². The van der Waals surface area contributed by atoms with Crippen molar-refractivity contribution in [1.29, 1.82) is 5.26 Å². The van der Waals surface area contributed by atoms with Crippen molar-refractivity contribution in [2.75, 3.05) is 0 Å². The molecule has 2 heterocycles. The zero-order valence-corrected chi connectivity index (χ0v) is 10.5. The number of aliphatic hydroxyl groups excluding tert-OH is 1. The van der Waals surface area contributed by atoms with Crippen LogP contribution in [0.1, 0.15) is 10.8 Å². The fourth-order valence-electron chi connectivity index (χ4n) is 1.72. The van der Waals surface area contributed by atoms with Gasteiger partial charge in [-0.05, 0) is 24.3 Å². The lowest BCUT2D eigenvalue weighted by Gasteiger charge is -1.97. The van der Waals surface area contributed by atoms with Crippen molar-refractivity contribution in [3.8, 4) is 6.07 Å². The third-order valence-electron chi connectivity index (χ3n) is 2.61. The van der Waals surface area contributed by atoms with Crippen LogP contribution < -0.4 is 0 Å². The summed E-state index contributed by atoms with van der Waals surface area (Å²) in [5.74, 6) is 0.0716. The molecule has 2 aromatic heterocycles. The first-order chi connectivity index (χ1) is 9.29. The van der Waals surface area contributed by atoms with Crippen LogP contribution in [0.15, 0.2) is 47.1 Å². The maximum absolute atomic E-state index is 10.1. The van der Waals surface area contributed by atoms with E-state index in [4.69, 9.17) is 4.42 Å². The van der Waals surface area contributed by atoms with Crippen LogP contribution >= 0.6 is 11.3 Å². The van der Waals surface area contributed by atoms with Gasteiger partial charge in [-0.15, -0.1) is 11.3 Å². The van der Waals surface area contributed by atoms with E-state index in [1.54, 1.807) is 12.1 Å². The monoisotopic (exact) mass is 268 g/mol. The number of para-hydroxylation sites is 1. The van der Waals surface area contributed by atoms with E-state index in [0.717, 1.165) is 10.2 Å². The standard InChI is InChI=1S/C14H8N2O2S/c15-8-9(13(17)11-5-3-7-18-11)14-16-10-4-1-2-6-12(10)19-14/h1-7,17H/b13-9+. The highest BCUT2D eigenvalue weighted by Crippen LogP contribution is 2.30. The molecule has 4 nitrogen and oxygen atoms in total. The first kappa shape index (κ1) is 11.5. The van der Waals surface area contributed by atoms with E-state index in [-0.39, 0.29) is 17.1 Å². The largest absolute Gasteiger partial charge is 0.503 e. The molecule has 0 aliphatic carbocycles. The second kappa shape index (κ2) is 4.59. The van der Waals surface area contributed by atoms with Crippen LogP contribution in [0.3, 0.4) is 0 Å². The predicted octanol–water partition coefficient (Wildman–Crippen LogP) is 3.84. The zero-order valence-electron chi connectivity index (χ0n) is 9.70. The van der Waals surface area contributed by atoms with E-state index in [0.29, 0.717) is 5.01 Å². The maximum atomic E-state index is 10.1. The molecule has 0 fully saturated rings. The van der Waals surface area contributed by atoms with Gasteiger partial charge >= 0.3 is 0 Å². The molecule has 0 bridgehead atoms. The molecule has 1 aromatic carbocycles. The normalized spacial score (nSPS) is 12.2. The van der Waals surface area contributed by atoms with Gasteiger partial charge in [0.25, 0.3) is 0 Å². The van der Waals surface area contributed by atoms with E-state index in [1.165, 1.54) is 17.6 Å². The Labute approximate surface area is 112 Å². The van der Waals surface area contributed by atoms with Gasteiger partial charge in [0, 0.05) is 0 Å². The summed E-state index contributed by atoms with van der Waals surface area (Å²) in [6, 6.07) is 12.8. The highest BCUT2D eigenvalue weighted by Gasteiger charge is 2.16. The number of nitrogens with zero attached hydrogens (tertiary/aromatic N) is 2.